The molecule has 0 saturated carbocycles. The predicted molar refractivity (Wildman–Crippen MR) is 89.9 cm³/mol. The van der Waals surface area contributed by atoms with Crippen molar-refractivity contribution in [3.8, 4) is 5.75 Å². The third-order valence-corrected chi connectivity index (χ3v) is 4.46. The first kappa shape index (κ1) is 19.4. The Bertz CT molecular complexity index is 631. The molecule has 7 heteroatoms. The lowest BCUT2D eigenvalue weighted by molar-refractivity contribution is -0.127. The van der Waals surface area contributed by atoms with Gasteiger partial charge in [0.25, 0.3) is 5.91 Å². The van der Waals surface area contributed by atoms with Crippen molar-refractivity contribution in [2.45, 2.75) is 64.1 Å². The Morgan fingerprint density at radius 1 is 1.09 bits per heavy atom. The second-order valence-corrected chi connectivity index (χ2v) is 8.43. The van der Waals surface area contributed by atoms with Gasteiger partial charge in [-0.1, -0.05) is 0 Å². The minimum Gasteiger partial charge on any atom is -0.481 e. The van der Waals surface area contributed by atoms with E-state index in [1.165, 1.54) is 24.3 Å². The first-order valence-electron chi connectivity index (χ1n) is 7.52. The first-order chi connectivity index (χ1) is 10.4. The zero-order valence-corrected chi connectivity index (χ0v) is 15.3. The topological polar surface area (TPSA) is 84.5 Å². The van der Waals surface area contributed by atoms with E-state index in [0.29, 0.717) is 5.75 Å². The normalized spacial score (nSPS) is 13.7. The van der Waals surface area contributed by atoms with Gasteiger partial charge in [-0.2, -0.15) is 0 Å². The molecule has 1 aromatic rings. The van der Waals surface area contributed by atoms with Crippen LogP contribution in [0.5, 0.6) is 5.75 Å². The minimum absolute atomic E-state index is 0.0320. The molecule has 0 bridgehead atoms. The molecule has 1 amide bonds. The molecule has 0 saturated heterocycles. The smallest absolute Gasteiger partial charge is 0.260 e. The number of rotatable bonds is 6. The SMILES string of the molecule is CC(C)NC(=O)[C@H](C)Oc1ccc(S(=O)(=O)NC(C)(C)C)cc1. The van der Waals surface area contributed by atoms with Crippen molar-refractivity contribution in [2.24, 2.45) is 0 Å². The summed E-state index contributed by atoms with van der Waals surface area (Å²) in [5.74, 6) is 0.220. The van der Waals surface area contributed by atoms with E-state index in [9.17, 15) is 13.2 Å². The van der Waals surface area contributed by atoms with Gasteiger partial charge in [-0.3, -0.25) is 4.79 Å². The van der Waals surface area contributed by atoms with Crippen molar-refractivity contribution in [2.75, 3.05) is 0 Å². The minimum atomic E-state index is -3.58. The third kappa shape index (κ3) is 6.58. The molecule has 130 valence electrons. The van der Waals surface area contributed by atoms with Gasteiger partial charge < -0.3 is 10.1 Å². The van der Waals surface area contributed by atoms with Crippen LogP contribution in [0.3, 0.4) is 0 Å². The van der Waals surface area contributed by atoms with E-state index in [-0.39, 0.29) is 16.8 Å². The molecule has 0 aliphatic carbocycles. The van der Waals surface area contributed by atoms with E-state index in [2.05, 4.69) is 10.0 Å². The van der Waals surface area contributed by atoms with E-state index in [1.54, 1.807) is 27.7 Å². The highest BCUT2D eigenvalue weighted by atomic mass is 32.2. The van der Waals surface area contributed by atoms with Crippen LogP contribution in [0.25, 0.3) is 0 Å². The molecule has 0 unspecified atom stereocenters. The molecule has 0 radical (unpaired) electrons. The van der Waals surface area contributed by atoms with Crippen LogP contribution in [0.15, 0.2) is 29.2 Å². The highest BCUT2D eigenvalue weighted by Crippen LogP contribution is 2.18. The van der Waals surface area contributed by atoms with Crippen LogP contribution in [0.2, 0.25) is 0 Å². The average molecular weight is 342 g/mol. The van der Waals surface area contributed by atoms with Gasteiger partial charge in [0.05, 0.1) is 4.90 Å². The first-order valence-corrected chi connectivity index (χ1v) is 9.00. The number of hydrogen-bond donors (Lipinski definition) is 2. The maximum absolute atomic E-state index is 12.2. The fourth-order valence-corrected chi connectivity index (χ4v) is 3.24. The second kappa shape index (κ2) is 7.31. The maximum Gasteiger partial charge on any atom is 0.260 e. The summed E-state index contributed by atoms with van der Waals surface area (Å²) in [6.45, 7) is 10.7. The van der Waals surface area contributed by atoms with Gasteiger partial charge in [-0.25, -0.2) is 13.1 Å². The molecular formula is C16H26N2O4S. The van der Waals surface area contributed by atoms with Crippen LogP contribution in [0.1, 0.15) is 41.5 Å². The number of nitrogens with one attached hydrogen (secondary N) is 2. The number of sulfonamides is 1. The highest BCUT2D eigenvalue weighted by Gasteiger charge is 2.22. The number of amides is 1. The Morgan fingerprint density at radius 3 is 2.04 bits per heavy atom. The van der Waals surface area contributed by atoms with Gasteiger partial charge >= 0.3 is 0 Å². The number of carbonyl (C=O) groups excluding carboxylic acids is 1. The zero-order chi connectivity index (χ0) is 17.8. The molecule has 2 N–H and O–H groups in total. The summed E-state index contributed by atoms with van der Waals surface area (Å²) in [4.78, 5) is 12.0. The van der Waals surface area contributed by atoms with Crippen molar-refractivity contribution >= 4 is 15.9 Å². The highest BCUT2D eigenvalue weighted by molar-refractivity contribution is 7.89. The summed E-state index contributed by atoms with van der Waals surface area (Å²) in [5.41, 5.74) is -0.558. The van der Waals surface area contributed by atoms with E-state index in [4.69, 9.17) is 4.74 Å². The quantitative estimate of drug-likeness (QED) is 0.829. The molecule has 1 rings (SSSR count). The average Bonchev–Trinajstić information content (AvgIpc) is 2.35. The van der Waals surface area contributed by atoms with Crippen molar-refractivity contribution in [3.63, 3.8) is 0 Å². The zero-order valence-electron chi connectivity index (χ0n) is 14.5. The number of hydrogen-bond acceptors (Lipinski definition) is 4. The summed E-state index contributed by atoms with van der Waals surface area (Å²) in [7, 11) is -3.58. The van der Waals surface area contributed by atoms with Crippen molar-refractivity contribution < 1.29 is 17.9 Å². The molecule has 23 heavy (non-hydrogen) atoms. The summed E-state index contributed by atoms with van der Waals surface area (Å²) in [6.07, 6.45) is -0.660. The Balaban J connectivity index is 2.79. The van der Waals surface area contributed by atoms with Crippen molar-refractivity contribution in [1.29, 1.82) is 0 Å². The standard InChI is InChI=1S/C16H26N2O4S/c1-11(2)17-15(19)12(3)22-13-7-9-14(10-8-13)23(20,21)18-16(4,5)6/h7-12,18H,1-6H3,(H,17,19)/t12-/m0/s1. The largest absolute Gasteiger partial charge is 0.481 e. The Kier molecular flexibility index (Phi) is 6.18. The molecule has 0 aromatic heterocycles. The second-order valence-electron chi connectivity index (χ2n) is 6.75. The fraction of sp³-hybridized carbons (Fsp3) is 0.562. The van der Waals surface area contributed by atoms with Crippen LogP contribution in [0.4, 0.5) is 0 Å². The van der Waals surface area contributed by atoms with Gasteiger partial charge in [0.1, 0.15) is 5.75 Å². The van der Waals surface area contributed by atoms with Crippen molar-refractivity contribution in [3.05, 3.63) is 24.3 Å². The van der Waals surface area contributed by atoms with Crippen LogP contribution >= 0.6 is 0 Å². The Labute approximate surface area is 138 Å². The monoisotopic (exact) mass is 342 g/mol. The molecule has 0 heterocycles. The molecular weight excluding hydrogens is 316 g/mol. The predicted octanol–water partition coefficient (Wildman–Crippen LogP) is 2.06. The van der Waals surface area contributed by atoms with Crippen molar-refractivity contribution in [1.82, 2.24) is 10.0 Å². The number of carbonyl (C=O) groups is 1. The van der Waals surface area contributed by atoms with Gasteiger partial charge in [-0.05, 0) is 65.8 Å². The molecule has 6 nitrogen and oxygen atoms in total. The van der Waals surface area contributed by atoms with Crippen LogP contribution < -0.4 is 14.8 Å². The Hall–Kier alpha value is -1.60. The molecule has 0 spiro atoms. The van der Waals surface area contributed by atoms with Crippen LogP contribution in [0, 0.1) is 0 Å². The lowest BCUT2D eigenvalue weighted by Crippen LogP contribution is -2.40. The van der Waals surface area contributed by atoms with E-state index < -0.39 is 21.7 Å². The summed E-state index contributed by atoms with van der Waals surface area (Å²) >= 11 is 0. The Morgan fingerprint density at radius 2 is 1.61 bits per heavy atom. The van der Waals surface area contributed by atoms with E-state index in [0.717, 1.165) is 0 Å². The number of benzene rings is 1. The summed E-state index contributed by atoms with van der Waals surface area (Å²) in [5, 5.41) is 2.75. The van der Waals surface area contributed by atoms with Gasteiger partial charge in [0.2, 0.25) is 10.0 Å². The van der Waals surface area contributed by atoms with E-state index >= 15 is 0 Å². The molecule has 0 aliphatic rings. The molecule has 1 atom stereocenters. The van der Waals surface area contributed by atoms with Crippen LogP contribution in [-0.4, -0.2) is 32.0 Å². The number of ether oxygens (including phenoxy) is 1. The molecule has 0 fully saturated rings. The lowest BCUT2D eigenvalue weighted by atomic mass is 10.1. The molecule has 1 aromatic carbocycles. The lowest BCUT2D eigenvalue weighted by Gasteiger charge is -2.20. The molecule has 0 aliphatic heterocycles. The summed E-state index contributed by atoms with van der Waals surface area (Å²) < 4.78 is 32.5. The fourth-order valence-electron chi connectivity index (χ4n) is 1.82. The van der Waals surface area contributed by atoms with Gasteiger partial charge in [0, 0.05) is 11.6 Å². The van der Waals surface area contributed by atoms with Crippen LogP contribution in [-0.2, 0) is 14.8 Å². The van der Waals surface area contributed by atoms with E-state index in [1.807, 2.05) is 13.8 Å². The summed E-state index contributed by atoms with van der Waals surface area (Å²) in [6, 6.07) is 6.02. The third-order valence-electron chi connectivity index (χ3n) is 2.69. The van der Waals surface area contributed by atoms with Gasteiger partial charge in [-0.15, -0.1) is 0 Å². The van der Waals surface area contributed by atoms with Gasteiger partial charge in [0.15, 0.2) is 6.10 Å². The maximum atomic E-state index is 12.2.